The van der Waals surface area contributed by atoms with Gasteiger partial charge in [-0.05, 0) is 96.3 Å². The number of allylic oxidation sites excluding steroid dienone is 16. The van der Waals surface area contributed by atoms with E-state index in [1.165, 1.54) is 96.3 Å². The Kier molecular flexibility index (Phi) is 51.9. The lowest BCUT2D eigenvalue weighted by atomic mass is 10.1. The maximum atomic E-state index is 12.7. The second kappa shape index (κ2) is 54.3. The molecule has 0 aliphatic heterocycles. The van der Waals surface area contributed by atoms with E-state index in [9.17, 15) is 19.0 Å². The van der Waals surface area contributed by atoms with Gasteiger partial charge >= 0.3 is 19.8 Å². The molecular formula is C59H102NO8P. The Bertz CT molecular complexity index is 1450. The van der Waals surface area contributed by atoms with E-state index in [0.29, 0.717) is 6.42 Å². The third-order valence-electron chi connectivity index (χ3n) is 11.5. The molecule has 0 radical (unpaired) electrons. The Morgan fingerprint density at radius 1 is 0.449 bits per heavy atom. The van der Waals surface area contributed by atoms with Crippen molar-refractivity contribution in [2.75, 3.05) is 26.4 Å². The Labute approximate surface area is 423 Å². The van der Waals surface area contributed by atoms with Crippen LogP contribution in [-0.2, 0) is 32.7 Å². The molecule has 0 bridgehead atoms. The molecule has 0 aromatic carbocycles. The van der Waals surface area contributed by atoms with Gasteiger partial charge in [0.2, 0.25) is 0 Å². The Balaban J connectivity index is 4.03. The molecule has 2 unspecified atom stereocenters. The average molecular weight is 984 g/mol. The molecule has 2 atom stereocenters. The Morgan fingerprint density at radius 3 is 1.20 bits per heavy atom. The minimum Gasteiger partial charge on any atom is -0.462 e. The van der Waals surface area contributed by atoms with Crippen LogP contribution in [0.3, 0.4) is 0 Å². The minimum atomic E-state index is -4.39. The number of ether oxygens (including phenoxy) is 2. The number of hydrogen-bond donors (Lipinski definition) is 2. The first kappa shape index (κ1) is 65.9. The predicted octanol–water partition coefficient (Wildman–Crippen LogP) is 17.3. The van der Waals surface area contributed by atoms with Gasteiger partial charge in [-0.3, -0.25) is 18.6 Å². The number of hydrogen-bond acceptors (Lipinski definition) is 8. The lowest BCUT2D eigenvalue weighted by Gasteiger charge is -2.19. The molecule has 0 aromatic heterocycles. The molecule has 0 aliphatic rings. The summed E-state index contributed by atoms with van der Waals surface area (Å²) in [6.45, 7) is 3.61. The third kappa shape index (κ3) is 54.1. The minimum absolute atomic E-state index is 0.0477. The van der Waals surface area contributed by atoms with Crippen LogP contribution in [0, 0.1) is 0 Å². The van der Waals surface area contributed by atoms with E-state index in [2.05, 4.69) is 111 Å². The number of carbonyl (C=O) groups is 2. The summed E-state index contributed by atoms with van der Waals surface area (Å²) in [5.41, 5.74) is 5.37. The van der Waals surface area contributed by atoms with E-state index < -0.39 is 26.5 Å². The van der Waals surface area contributed by atoms with E-state index in [1.54, 1.807) is 0 Å². The van der Waals surface area contributed by atoms with Crippen LogP contribution in [-0.4, -0.2) is 49.3 Å². The summed E-state index contributed by atoms with van der Waals surface area (Å²) in [5.74, 6) is -0.842. The van der Waals surface area contributed by atoms with Crippen molar-refractivity contribution in [3.8, 4) is 0 Å². The second-order valence-corrected chi connectivity index (χ2v) is 19.5. The van der Waals surface area contributed by atoms with Gasteiger partial charge < -0.3 is 20.1 Å². The van der Waals surface area contributed by atoms with Crippen LogP contribution in [0.15, 0.2) is 97.2 Å². The van der Waals surface area contributed by atoms with Crippen LogP contribution in [0.4, 0.5) is 0 Å². The van der Waals surface area contributed by atoms with Crippen LogP contribution < -0.4 is 5.73 Å². The molecule has 10 heteroatoms. The van der Waals surface area contributed by atoms with E-state index in [0.717, 1.165) is 103 Å². The average Bonchev–Trinajstić information content (AvgIpc) is 3.34. The molecule has 396 valence electrons. The first-order valence-corrected chi connectivity index (χ1v) is 29.2. The number of carbonyl (C=O) groups excluding carboxylic acids is 2. The van der Waals surface area contributed by atoms with E-state index >= 15 is 0 Å². The molecule has 3 N–H and O–H groups in total. The van der Waals surface area contributed by atoms with Crippen molar-refractivity contribution < 1.29 is 37.6 Å². The summed E-state index contributed by atoms with van der Waals surface area (Å²) < 4.78 is 33.0. The van der Waals surface area contributed by atoms with Gasteiger partial charge in [0.05, 0.1) is 13.2 Å². The fraction of sp³-hybridized carbons (Fsp3) is 0.695. The van der Waals surface area contributed by atoms with Crippen LogP contribution in [0.25, 0.3) is 0 Å². The molecule has 9 nitrogen and oxygen atoms in total. The molecule has 0 amide bonds. The number of unbranched alkanes of at least 4 members (excludes halogenated alkanes) is 22. The quantitative estimate of drug-likeness (QED) is 0.0264. The maximum Gasteiger partial charge on any atom is 0.472 e. The highest BCUT2D eigenvalue weighted by Crippen LogP contribution is 2.43. The molecule has 0 saturated carbocycles. The lowest BCUT2D eigenvalue weighted by Crippen LogP contribution is -2.29. The van der Waals surface area contributed by atoms with Gasteiger partial charge in [0.25, 0.3) is 0 Å². The van der Waals surface area contributed by atoms with Crippen LogP contribution in [0.2, 0.25) is 0 Å². The van der Waals surface area contributed by atoms with Gasteiger partial charge in [0, 0.05) is 19.4 Å². The fourth-order valence-electron chi connectivity index (χ4n) is 7.37. The molecule has 0 spiro atoms. The summed E-state index contributed by atoms with van der Waals surface area (Å²) in [5, 5.41) is 0. The molecule has 0 saturated heterocycles. The van der Waals surface area contributed by atoms with E-state index in [1.807, 2.05) is 0 Å². The zero-order chi connectivity index (χ0) is 50.2. The zero-order valence-electron chi connectivity index (χ0n) is 44.0. The third-order valence-corrected chi connectivity index (χ3v) is 12.4. The monoisotopic (exact) mass is 984 g/mol. The Morgan fingerprint density at radius 2 is 0.797 bits per heavy atom. The number of phosphoric acid groups is 1. The highest BCUT2D eigenvalue weighted by molar-refractivity contribution is 7.47. The first-order valence-electron chi connectivity index (χ1n) is 27.7. The lowest BCUT2D eigenvalue weighted by molar-refractivity contribution is -0.161. The van der Waals surface area contributed by atoms with Crippen LogP contribution >= 0.6 is 7.82 Å². The van der Waals surface area contributed by atoms with Crippen molar-refractivity contribution in [1.29, 1.82) is 0 Å². The summed E-state index contributed by atoms with van der Waals surface area (Å²) in [6, 6.07) is 0. The first-order chi connectivity index (χ1) is 33.8. The SMILES string of the molecule is CC/C=C\C/C=C\C/C=C\C/C=C\C/C=C\C/C=C\C/C=C\CCCCCCCCCCCC(=O)OC(COC(=O)CCCCCCCCC/C=C\CCCCCCCC)COP(=O)(O)OCCN. The molecule has 0 fully saturated rings. The molecular weight excluding hydrogens is 882 g/mol. The predicted molar refractivity (Wildman–Crippen MR) is 293 cm³/mol. The summed E-state index contributed by atoms with van der Waals surface area (Å²) in [7, 11) is -4.39. The van der Waals surface area contributed by atoms with Gasteiger partial charge in [-0.15, -0.1) is 0 Å². The van der Waals surface area contributed by atoms with Crippen molar-refractivity contribution >= 4 is 19.8 Å². The highest BCUT2D eigenvalue weighted by Gasteiger charge is 2.26. The standard InChI is InChI=1S/C59H102NO8P/c1-3-5-7-9-11-13-15-17-19-21-22-23-24-25-26-27-28-29-30-31-32-33-34-36-38-40-42-44-46-48-50-52-59(62)68-57(56-67-69(63,64)66-54-53-60)55-65-58(61)51-49-47-45-43-41-39-37-35-20-18-16-14-12-10-8-6-4-2/h5,7,11,13,17-20,22-23,25-26,28-29,31-32,57H,3-4,6,8-10,12,14-16,21,24,27,30,33-56,60H2,1-2H3,(H,63,64)/b7-5-,13-11-,19-17-,20-18-,23-22-,26-25-,29-28-,32-31-. The fourth-order valence-corrected chi connectivity index (χ4v) is 8.14. The second-order valence-electron chi connectivity index (χ2n) is 18.1. The van der Waals surface area contributed by atoms with Crippen molar-refractivity contribution in [3.63, 3.8) is 0 Å². The van der Waals surface area contributed by atoms with Crippen molar-refractivity contribution in [3.05, 3.63) is 97.2 Å². The van der Waals surface area contributed by atoms with E-state index in [4.69, 9.17) is 24.3 Å². The van der Waals surface area contributed by atoms with Gasteiger partial charge in [0.1, 0.15) is 6.61 Å². The summed E-state index contributed by atoms with van der Waals surface area (Å²) in [6.07, 6.45) is 71.6. The van der Waals surface area contributed by atoms with E-state index in [-0.39, 0.29) is 38.6 Å². The zero-order valence-corrected chi connectivity index (χ0v) is 44.9. The van der Waals surface area contributed by atoms with Crippen molar-refractivity contribution in [2.45, 2.75) is 238 Å². The molecule has 0 aliphatic carbocycles. The van der Waals surface area contributed by atoms with Crippen LogP contribution in [0.1, 0.15) is 232 Å². The molecule has 0 aromatic rings. The van der Waals surface area contributed by atoms with Gasteiger partial charge in [-0.1, -0.05) is 220 Å². The Hall–Kier alpha value is -3.07. The number of rotatable bonds is 51. The number of esters is 2. The van der Waals surface area contributed by atoms with Crippen LogP contribution in [0.5, 0.6) is 0 Å². The smallest absolute Gasteiger partial charge is 0.462 e. The summed E-state index contributed by atoms with van der Waals surface area (Å²) in [4.78, 5) is 35.1. The number of nitrogens with two attached hydrogens (primary N) is 1. The number of phosphoric ester groups is 1. The van der Waals surface area contributed by atoms with Crippen molar-refractivity contribution in [1.82, 2.24) is 0 Å². The largest absolute Gasteiger partial charge is 0.472 e. The normalized spacial score (nSPS) is 13.9. The molecule has 0 rings (SSSR count). The van der Waals surface area contributed by atoms with Crippen molar-refractivity contribution in [2.24, 2.45) is 5.73 Å². The molecule has 69 heavy (non-hydrogen) atoms. The summed E-state index contributed by atoms with van der Waals surface area (Å²) >= 11 is 0. The van der Waals surface area contributed by atoms with Gasteiger partial charge in [0.15, 0.2) is 6.10 Å². The van der Waals surface area contributed by atoms with Gasteiger partial charge in [-0.25, -0.2) is 4.57 Å². The van der Waals surface area contributed by atoms with Gasteiger partial charge in [-0.2, -0.15) is 0 Å². The molecule has 0 heterocycles. The topological polar surface area (TPSA) is 134 Å². The maximum absolute atomic E-state index is 12.7. The highest BCUT2D eigenvalue weighted by atomic mass is 31.2.